The zero-order valence-electron chi connectivity index (χ0n) is 29.7. The minimum atomic E-state index is -0.433. The van der Waals surface area contributed by atoms with Crippen molar-refractivity contribution in [3.8, 4) is 28.3 Å². The summed E-state index contributed by atoms with van der Waals surface area (Å²) in [6.45, 7) is 3.87. The Hall–Kier alpha value is -5.09. The van der Waals surface area contributed by atoms with Gasteiger partial charge in [0, 0.05) is 46.1 Å². The molecule has 2 amide bonds. The van der Waals surface area contributed by atoms with Gasteiger partial charge in [-0.2, -0.15) is 5.10 Å². The van der Waals surface area contributed by atoms with Crippen LogP contribution in [0.25, 0.3) is 38.9 Å². The van der Waals surface area contributed by atoms with Crippen molar-refractivity contribution in [2.24, 2.45) is 11.8 Å². The number of nitrogens with one attached hydrogen (secondary N) is 1. The highest BCUT2D eigenvalue weighted by molar-refractivity contribution is 9.10. The lowest BCUT2D eigenvalue weighted by molar-refractivity contribution is 0.0694. The number of hydrogen-bond donors (Lipinski definition) is 1. The Morgan fingerprint density at radius 2 is 1.70 bits per heavy atom. The molecule has 4 heterocycles. The summed E-state index contributed by atoms with van der Waals surface area (Å²) < 4.78 is 17.1. The molecule has 3 aliphatic carbocycles. The van der Waals surface area contributed by atoms with Gasteiger partial charge in [-0.15, -0.1) is 0 Å². The van der Waals surface area contributed by atoms with Crippen molar-refractivity contribution in [2.75, 3.05) is 20.3 Å². The third-order valence-electron chi connectivity index (χ3n) is 12.1. The summed E-state index contributed by atoms with van der Waals surface area (Å²) in [5.74, 6) is 1.36. The molecule has 3 atom stereocenters. The molecular formula is C43H40BrN5O4. The van der Waals surface area contributed by atoms with Crippen LogP contribution in [-0.4, -0.2) is 63.4 Å². The van der Waals surface area contributed by atoms with Crippen molar-refractivity contribution >= 4 is 44.3 Å². The largest absolute Gasteiger partial charge is 0.494 e. The second kappa shape index (κ2) is 12.5. The zero-order chi connectivity index (χ0) is 36.0. The molecule has 9 nitrogen and oxygen atoms in total. The summed E-state index contributed by atoms with van der Waals surface area (Å²) in [5, 5.41) is 9.45. The van der Waals surface area contributed by atoms with Gasteiger partial charge in [0.25, 0.3) is 5.91 Å². The first kappa shape index (κ1) is 32.6. The molecule has 3 aromatic carbocycles. The summed E-state index contributed by atoms with van der Waals surface area (Å²) in [4.78, 5) is 29.5. The van der Waals surface area contributed by atoms with E-state index in [1.807, 2.05) is 45.9 Å². The molecular weight excluding hydrogens is 730 g/mol. The Morgan fingerprint density at radius 1 is 0.943 bits per heavy atom. The van der Waals surface area contributed by atoms with Crippen LogP contribution in [0.4, 0.5) is 4.79 Å². The van der Waals surface area contributed by atoms with E-state index < -0.39 is 6.09 Å². The summed E-state index contributed by atoms with van der Waals surface area (Å²) in [6.07, 6.45) is 5.68. The number of aryl methyl sites for hydroxylation is 1. The van der Waals surface area contributed by atoms with E-state index in [0.717, 1.165) is 46.3 Å². The number of alkyl carbamates (subject to hydrolysis) is 1. The smallest absolute Gasteiger partial charge is 0.407 e. The molecule has 4 aliphatic rings. The molecule has 1 aliphatic heterocycles. The molecule has 2 bridgehead atoms. The molecule has 0 spiro atoms. The van der Waals surface area contributed by atoms with E-state index in [2.05, 4.69) is 81.3 Å². The molecule has 2 unspecified atom stereocenters. The normalized spacial score (nSPS) is 20.3. The Bertz CT molecular complexity index is 2420. The number of fused-ring (bicyclic) bond motifs is 7. The highest BCUT2D eigenvalue weighted by atomic mass is 79.9. The molecule has 53 heavy (non-hydrogen) atoms. The number of piperidine rings is 1. The van der Waals surface area contributed by atoms with Gasteiger partial charge in [-0.05, 0) is 91.0 Å². The van der Waals surface area contributed by atoms with Gasteiger partial charge in [-0.25, -0.2) is 9.31 Å². The van der Waals surface area contributed by atoms with Gasteiger partial charge in [0.2, 0.25) is 0 Å². The Kier molecular flexibility index (Phi) is 7.68. The standard InChI is InChI=1S/C43H40BrN5O4/c1-24-39(37-17-26-13-15-29(44)19-36(26)47(37)20-25-11-12-25)46-49-22-28(18-38(52-2)41(24)49)42(50)48-21-27-14-16-35(48)40(27)45-43(51)53-23-34-32-9-5-3-7-30(32)31-8-4-6-10-33(31)34/h3-10,13,15,17-19,22,25,27,34-35,40H,11-12,14,16,20-21,23H2,1-2H3,(H,45,51)/t27?,35?,40-/m1/s1. The number of rotatable bonds is 8. The number of nitrogens with zero attached hydrogens (tertiary/aromatic N) is 4. The minimum absolute atomic E-state index is 0.00778. The van der Waals surface area contributed by atoms with Crippen LogP contribution in [0.5, 0.6) is 5.75 Å². The molecule has 6 aromatic rings. The fourth-order valence-electron chi connectivity index (χ4n) is 9.37. The lowest BCUT2D eigenvalue weighted by Gasteiger charge is -2.28. The van der Waals surface area contributed by atoms with E-state index in [1.165, 1.54) is 46.0 Å². The average molecular weight is 771 g/mol. The predicted octanol–water partition coefficient (Wildman–Crippen LogP) is 8.59. The van der Waals surface area contributed by atoms with Crippen LogP contribution in [0.1, 0.15) is 58.6 Å². The van der Waals surface area contributed by atoms with Gasteiger partial charge < -0.3 is 24.3 Å². The van der Waals surface area contributed by atoms with Gasteiger partial charge in [0.05, 0.1) is 30.5 Å². The Balaban J connectivity index is 0.890. The predicted molar refractivity (Wildman–Crippen MR) is 207 cm³/mol. The Labute approximate surface area is 316 Å². The molecule has 1 N–H and O–H groups in total. The van der Waals surface area contributed by atoms with Crippen molar-refractivity contribution in [3.63, 3.8) is 0 Å². The molecule has 0 radical (unpaired) electrons. The maximum absolute atomic E-state index is 14.3. The fourth-order valence-corrected chi connectivity index (χ4v) is 9.72. The summed E-state index contributed by atoms with van der Waals surface area (Å²) in [7, 11) is 1.64. The summed E-state index contributed by atoms with van der Waals surface area (Å²) >= 11 is 3.67. The monoisotopic (exact) mass is 769 g/mol. The van der Waals surface area contributed by atoms with Crippen LogP contribution >= 0.6 is 15.9 Å². The van der Waals surface area contributed by atoms with Crippen LogP contribution in [0.3, 0.4) is 0 Å². The van der Waals surface area contributed by atoms with E-state index in [-0.39, 0.29) is 36.4 Å². The van der Waals surface area contributed by atoms with Gasteiger partial charge >= 0.3 is 6.09 Å². The second-order valence-electron chi connectivity index (χ2n) is 15.2. The van der Waals surface area contributed by atoms with Gasteiger partial charge in [-0.1, -0.05) is 70.5 Å². The molecule has 10 rings (SSSR count). The SMILES string of the molecule is COc1cc(C(=O)N2CC3CCC2[C@@H]3NC(=O)OCC2c3ccccc3-c3ccccc32)cn2nc(-c3cc4ccc(Br)cc4n3CC3CC3)c(C)c12. The minimum Gasteiger partial charge on any atom is -0.494 e. The number of halogens is 1. The van der Waals surface area contributed by atoms with E-state index in [1.54, 1.807) is 7.11 Å². The maximum Gasteiger partial charge on any atom is 0.407 e. The number of carbonyl (C=O) groups is 2. The van der Waals surface area contributed by atoms with E-state index in [0.29, 0.717) is 23.8 Å². The first-order valence-electron chi connectivity index (χ1n) is 18.6. The summed E-state index contributed by atoms with van der Waals surface area (Å²) in [5.41, 5.74) is 10.3. The lowest BCUT2D eigenvalue weighted by atomic mass is 9.98. The first-order valence-corrected chi connectivity index (χ1v) is 19.4. The topological polar surface area (TPSA) is 90.1 Å². The van der Waals surface area contributed by atoms with Crippen molar-refractivity contribution in [1.82, 2.24) is 24.4 Å². The van der Waals surface area contributed by atoms with Gasteiger partial charge in [0.15, 0.2) is 0 Å². The highest BCUT2D eigenvalue weighted by Gasteiger charge is 2.50. The average Bonchev–Trinajstić information content (AvgIpc) is 3.39. The van der Waals surface area contributed by atoms with Crippen molar-refractivity contribution in [1.29, 1.82) is 0 Å². The first-order chi connectivity index (χ1) is 25.9. The molecule has 268 valence electrons. The molecule has 3 aromatic heterocycles. The highest BCUT2D eigenvalue weighted by Crippen LogP contribution is 2.45. The number of aromatic nitrogens is 3. The Morgan fingerprint density at radius 3 is 2.43 bits per heavy atom. The zero-order valence-corrected chi connectivity index (χ0v) is 31.3. The van der Waals surface area contributed by atoms with Crippen LogP contribution in [-0.2, 0) is 11.3 Å². The number of methoxy groups -OCH3 is 1. The van der Waals surface area contributed by atoms with Crippen LogP contribution in [0.15, 0.2) is 89.5 Å². The van der Waals surface area contributed by atoms with Gasteiger partial charge in [0.1, 0.15) is 23.6 Å². The number of amides is 2. The molecule has 2 saturated carbocycles. The van der Waals surface area contributed by atoms with Crippen LogP contribution in [0.2, 0.25) is 0 Å². The van der Waals surface area contributed by atoms with E-state index >= 15 is 0 Å². The second-order valence-corrected chi connectivity index (χ2v) is 16.1. The molecule has 1 saturated heterocycles. The third-order valence-corrected chi connectivity index (χ3v) is 12.6. The van der Waals surface area contributed by atoms with Crippen LogP contribution < -0.4 is 10.1 Å². The van der Waals surface area contributed by atoms with E-state index in [4.69, 9.17) is 14.6 Å². The number of hydrogen-bond acceptors (Lipinski definition) is 5. The fraction of sp³-hybridized carbons (Fsp3) is 0.326. The van der Waals surface area contributed by atoms with Gasteiger partial charge in [-0.3, -0.25) is 4.79 Å². The number of pyridine rings is 1. The lowest BCUT2D eigenvalue weighted by Crippen LogP contribution is -2.45. The molecule has 3 fully saturated rings. The van der Waals surface area contributed by atoms with Crippen molar-refractivity contribution in [3.05, 3.63) is 112 Å². The number of benzene rings is 3. The number of likely N-dealkylation sites (tertiary alicyclic amines) is 1. The quantitative estimate of drug-likeness (QED) is 0.168. The third kappa shape index (κ3) is 5.36. The van der Waals surface area contributed by atoms with Crippen LogP contribution in [0, 0.1) is 18.8 Å². The van der Waals surface area contributed by atoms with Crippen molar-refractivity contribution < 1.29 is 19.1 Å². The van der Waals surface area contributed by atoms with Crippen molar-refractivity contribution in [2.45, 2.75) is 57.2 Å². The number of ether oxygens (including phenoxy) is 2. The van der Waals surface area contributed by atoms with E-state index in [9.17, 15) is 9.59 Å². The maximum atomic E-state index is 14.3. The summed E-state index contributed by atoms with van der Waals surface area (Å²) in [6, 6.07) is 26.9. The molecule has 10 heteroatoms. The number of carbonyl (C=O) groups excluding carboxylic acids is 2.